The molecule has 0 fully saturated rings. The van der Waals surface area contributed by atoms with Gasteiger partial charge in [0.2, 0.25) is 0 Å². The summed E-state index contributed by atoms with van der Waals surface area (Å²) in [4.78, 5) is 0. The third kappa shape index (κ3) is 20.6. The average Bonchev–Trinajstić information content (AvgIpc) is 0.722. The molecule has 0 saturated carbocycles. The number of halogens is 2. The average molecular weight is 395 g/mol. The normalized spacial score (nSPS) is 12.4. The molecule has 0 aromatic rings. The molecule has 0 N–H and O–H groups in total. The molecule has 0 amide bonds. The van der Waals surface area contributed by atoms with Crippen molar-refractivity contribution >= 4 is 45.2 Å². The molecule has 5 heavy (non-hydrogen) atoms. The van der Waals surface area contributed by atoms with Crippen molar-refractivity contribution in [2.24, 2.45) is 0 Å². The molecule has 0 nitrogen and oxygen atoms in total. The molecular formula is CCuI2Zn. The van der Waals surface area contributed by atoms with Gasteiger partial charge in [0.25, 0.3) is 0 Å². The van der Waals surface area contributed by atoms with E-state index < -0.39 is 0 Å². The quantitative estimate of drug-likeness (QED) is 0.332. The Morgan fingerprint density at radius 3 is 1.60 bits per heavy atom. The van der Waals surface area contributed by atoms with Gasteiger partial charge in [-0.3, -0.25) is 0 Å². The van der Waals surface area contributed by atoms with Crippen molar-refractivity contribution in [3.05, 3.63) is 0 Å². The van der Waals surface area contributed by atoms with Crippen LogP contribution in [0.1, 0.15) is 0 Å². The third-order valence-electron chi connectivity index (χ3n) is 0. The van der Waals surface area contributed by atoms with Gasteiger partial charge in [0.05, 0.1) is 0 Å². The minimum absolute atomic E-state index is 0.127. The summed E-state index contributed by atoms with van der Waals surface area (Å²) in [6, 6.07) is 0. The third-order valence-corrected chi connectivity index (χ3v) is 0. The van der Waals surface area contributed by atoms with E-state index in [0.29, 0.717) is 0 Å². The van der Waals surface area contributed by atoms with Gasteiger partial charge in [-0.2, -0.15) is 0 Å². The van der Waals surface area contributed by atoms with Crippen molar-refractivity contribution in [3.8, 4) is 0 Å². The molecule has 0 aliphatic heterocycles. The Morgan fingerprint density at radius 2 is 1.60 bits per heavy atom. The van der Waals surface area contributed by atoms with E-state index in [1.807, 2.05) is 0 Å². The fraction of sp³-hybridized carbons (Fsp3) is 1.00. The molecular weight excluding hydrogens is 395 g/mol. The molecule has 0 aliphatic rings. The van der Waals surface area contributed by atoms with Gasteiger partial charge in [0.1, 0.15) is 0 Å². The van der Waals surface area contributed by atoms with Crippen LogP contribution in [-0.2, 0) is 34.3 Å². The monoisotopic (exact) mass is 393 g/mol. The topological polar surface area (TPSA) is 0 Å². The van der Waals surface area contributed by atoms with Crippen LogP contribution in [0.2, 0.25) is 0 Å². The molecule has 0 rings (SSSR count). The molecule has 4 heteroatoms. The summed E-state index contributed by atoms with van der Waals surface area (Å²) in [6.07, 6.45) is 0. The van der Waals surface area contributed by atoms with Crippen LogP contribution in [0, 0.1) is 0 Å². The predicted molar refractivity (Wildman–Crippen MR) is 30.8 cm³/mol. The van der Waals surface area contributed by atoms with E-state index in [9.17, 15) is 0 Å². The number of alkyl halides is 2. The molecule has 0 spiro atoms. The predicted octanol–water partition coefficient (Wildman–Crippen LogP) is 1.56. The van der Waals surface area contributed by atoms with E-state index in [1.165, 1.54) is 18.3 Å². The molecule has 0 unspecified atom stereocenters. The van der Waals surface area contributed by atoms with Gasteiger partial charge >= 0.3 is 78.4 Å². The first kappa shape index (κ1) is 7.60. The summed E-state index contributed by atoms with van der Waals surface area (Å²) in [7, 11) is 0. The number of hydrogen-bond acceptors (Lipinski definition) is 0. The fourth-order valence-electron chi connectivity index (χ4n) is 0. The number of hydrogen-bond donors (Lipinski definition) is 0. The zero-order chi connectivity index (χ0) is 4.50. The molecule has 0 aromatic carbocycles. The second kappa shape index (κ2) is 2.80. The van der Waals surface area contributed by atoms with Crippen molar-refractivity contribution in [3.63, 3.8) is 0 Å². The first-order chi connectivity index (χ1) is 2.00. The summed E-state index contributed by atoms with van der Waals surface area (Å²) in [6.45, 7) is 0. The maximum absolute atomic E-state index is 4.99. The van der Waals surface area contributed by atoms with E-state index in [4.69, 9.17) is 16.0 Å². The minimum atomic E-state index is 0.127. The van der Waals surface area contributed by atoms with Gasteiger partial charge in [-0.1, -0.05) is 0 Å². The van der Waals surface area contributed by atoms with Gasteiger partial charge < -0.3 is 0 Å². The fourth-order valence-corrected chi connectivity index (χ4v) is 0. The zero-order valence-electron chi connectivity index (χ0n) is 2.26. The maximum atomic E-state index is 4.99. The Hall–Kier alpha value is 2.60. The van der Waals surface area contributed by atoms with Crippen molar-refractivity contribution in [1.29, 1.82) is 0 Å². The summed E-state index contributed by atoms with van der Waals surface area (Å²) >= 11 is 10.6. The van der Waals surface area contributed by atoms with Crippen LogP contribution in [-0.4, -0.2) is -1.08 Å². The first-order valence-electron chi connectivity index (χ1n) is 0.882. The van der Waals surface area contributed by atoms with Gasteiger partial charge in [0, 0.05) is 0 Å². The van der Waals surface area contributed by atoms with Crippen LogP contribution < -0.4 is 0 Å². The Morgan fingerprint density at radius 1 is 1.60 bits per heavy atom. The Bertz CT molecular complexity index is 25.1. The van der Waals surface area contributed by atoms with Gasteiger partial charge in [-0.25, -0.2) is 0 Å². The van der Waals surface area contributed by atoms with E-state index >= 15 is 0 Å². The number of rotatable bonds is 0. The summed E-state index contributed by atoms with van der Waals surface area (Å²) in [5, 5.41) is 0. The Labute approximate surface area is 77.0 Å². The van der Waals surface area contributed by atoms with Crippen molar-refractivity contribution in [2.75, 3.05) is 0 Å². The molecule has 0 saturated heterocycles. The van der Waals surface area contributed by atoms with Crippen LogP contribution in [0.4, 0.5) is 0 Å². The van der Waals surface area contributed by atoms with Crippen LogP contribution in [0.25, 0.3) is 0 Å². The van der Waals surface area contributed by atoms with Crippen LogP contribution >= 0.6 is 45.2 Å². The molecule has 0 heterocycles. The van der Waals surface area contributed by atoms with Crippen molar-refractivity contribution in [1.82, 2.24) is 0 Å². The van der Waals surface area contributed by atoms with Crippen molar-refractivity contribution < 1.29 is 34.3 Å². The van der Waals surface area contributed by atoms with Crippen LogP contribution in [0.3, 0.4) is 0 Å². The molecule has 0 bridgehead atoms. The Balaban J connectivity index is 3.02. The molecule has 0 radical (unpaired) electrons. The van der Waals surface area contributed by atoms with Gasteiger partial charge in [0.15, 0.2) is 0 Å². The first-order valence-corrected chi connectivity index (χ1v) is 4.99. The molecule has 31 valence electrons. The SMILES string of the molecule is [Cu][C]([Zn])(I)I. The standard InChI is InChI=1S/CI2.Cu.Zn/c2-1-3;;. The van der Waals surface area contributed by atoms with Crippen LogP contribution in [0.15, 0.2) is 0 Å². The van der Waals surface area contributed by atoms with Crippen LogP contribution in [0.5, 0.6) is 0 Å². The van der Waals surface area contributed by atoms with E-state index in [-0.39, 0.29) is -1.08 Å². The van der Waals surface area contributed by atoms with E-state index in [1.54, 1.807) is 0 Å². The van der Waals surface area contributed by atoms with Gasteiger partial charge in [-0.15, -0.1) is 0 Å². The molecule has 0 aliphatic carbocycles. The second-order valence-electron chi connectivity index (χ2n) is 0.559. The summed E-state index contributed by atoms with van der Waals surface area (Å²) in [5.41, 5.74) is 0. The van der Waals surface area contributed by atoms with E-state index in [2.05, 4.69) is 45.2 Å². The molecule has 0 aromatic heterocycles. The van der Waals surface area contributed by atoms with Gasteiger partial charge in [-0.05, 0) is 0 Å². The van der Waals surface area contributed by atoms with E-state index in [0.717, 1.165) is 0 Å². The molecule has 0 atom stereocenters. The van der Waals surface area contributed by atoms with Crippen molar-refractivity contribution in [2.45, 2.75) is -1.08 Å². The summed E-state index contributed by atoms with van der Waals surface area (Å²) in [5.74, 6) is 0. The zero-order valence-corrected chi connectivity index (χ0v) is 10.5. The Kier molecular flexibility index (Phi) is 4.26. The second-order valence-corrected chi connectivity index (χ2v) is 18.0. The summed E-state index contributed by atoms with van der Waals surface area (Å²) < 4.78 is 0.127.